The van der Waals surface area contributed by atoms with Crippen LogP contribution in [0.15, 0.2) is 40.6 Å². The molecular weight excluding hydrogens is 405 g/mol. The van der Waals surface area contributed by atoms with E-state index in [2.05, 4.69) is 15.5 Å². The molecule has 7 nitrogen and oxygen atoms in total. The maximum atomic E-state index is 12.7. The summed E-state index contributed by atoms with van der Waals surface area (Å²) >= 11 is 12.1. The number of hydrogen-bond donors (Lipinski definition) is 1. The van der Waals surface area contributed by atoms with Crippen LogP contribution in [0.5, 0.6) is 11.5 Å². The molecule has 0 heterocycles. The van der Waals surface area contributed by atoms with Gasteiger partial charge in [-0.15, -0.1) is 0 Å². The molecule has 1 unspecified atom stereocenters. The third-order valence-electron chi connectivity index (χ3n) is 3.81. The van der Waals surface area contributed by atoms with Crippen molar-refractivity contribution in [1.82, 2.24) is 0 Å². The van der Waals surface area contributed by atoms with Crippen LogP contribution in [0.1, 0.15) is 12.5 Å². The van der Waals surface area contributed by atoms with E-state index < -0.39 is 17.7 Å². The molecule has 0 spiro atoms. The lowest BCUT2D eigenvalue weighted by Crippen LogP contribution is -2.32. The molecule has 1 N–H and O–H groups in total. The average Bonchev–Trinajstić information content (AvgIpc) is 2.65. The summed E-state index contributed by atoms with van der Waals surface area (Å²) in [6.45, 7) is 3.07. The van der Waals surface area contributed by atoms with Crippen molar-refractivity contribution in [3.8, 4) is 11.5 Å². The molecule has 0 bridgehead atoms. The van der Waals surface area contributed by atoms with Gasteiger partial charge in [0.2, 0.25) is 6.04 Å². The van der Waals surface area contributed by atoms with Crippen molar-refractivity contribution in [3.05, 3.63) is 45.9 Å². The number of ketones is 1. The average molecular weight is 424 g/mol. The molecule has 1 amide bonds. The van der Waals surface area contributed by atoms with Gasteiger partial charge in [-0.05, 0) is 49.7 Å². The first-order valence-electron chi connectivity index (χ1n) is 8.17. The maximum Gasteiger partial charge on any atom is 0.259 e. The fraction of sp³-hybridized carbons (Fsp3) is 0.263. The second-order valence-electron chi connectivity index (χ2n) is 5.81. The van der Waals surface area contributed by atoms with Gasteiger partial charge in [0.15, 0.2) is 11.5 Å². The van der Waals surface area contributed by atoms with Gasteiger partial charge in [0.25, 0.3) is 5.91 Å². The molecule has 0 aromatic heterocycles. The molecule has 0 aliphatic carbocycles. The van der Waals surface area contributed by atoms with E-state index in [4.69, 9.17) is 32.7 Å². The zero-order valence-corrected chi connectivity index (χ0v) is 17.3. The Morgan fingerprint density at radius 1 is 1.07 bits per heavy atom. The number of aryl methyl sites for hydroxylation is 1. The number of halogens is 2. The lowest BCUT2D eigenvalue weighted by molar-refractivity contribution is -0.126. The lowest BCUT2D eigenvalue weighted by Gasteiger charge is -2.16. The number of ether oxygens (including phenoxy) is 2. The summed E-state index contributed by atoms with van der Waals surface area (Å²) in [4.78, 5) is 24.7. The van der Waals surface area contributed by atoms with Crippen molar-refractivity contribution >= 4 is 46.3 Å². The monoisotopic (exact) mass is 423 g/mol. The van der Waals surface area contributed by atoms with E-state index in [9.17, 15) is 9.59 Å². The number of nitrogens with zero attached hydrogens (tertiary/aromatic N) is 2. The van der Waals surface area contributed by atoms with Crippen LogP contribution in [0.4, 0.5) is 11.4 Å². The molecule has 0 aliphatic rings. The summed E-state index contributed by atoms with van der Waals surface area (Å²) in [7, 11) is 2.84. The Hall–Kier alpha value is -2.64. The second kappa shape index (κ2) is 9.52. The number of rotatable bonds is 7. The standard InChI is InChI=1S/C19H19Cl2N3O4/c1-10-9-12(5-6-13(10)20)23-24-16(11(2)25)19(26)22-17-15(27-3)8-7-14(21)18(17)28-4/h5-9,16H,1-4H3,(H,22,26). The Labute approximate surface area is 172 Å². The molecule has 2 aromatic carbocycles. The van der Waals surface area contributed by atoms with E-state index in [1.807, 2.05) is 6.92 Å². The summed E-state index contributed by atoms with van der Waals surface area (Å²) in [5.41, 5.74) is 1.47. The fourth-order valence-corrected chi connectivity index (χ4v) is 2.70. The van der Waals surface area contributed by atoms with Crippen LogP contribution >= 0.6 is 23.2 Å². The van der Waals surface area contributed by atoms with Crippen molar-refractivity contribution < 1.29 is 19.1 Å². The van der Waals surface area contributed by atoms with Gasteiger partial charge in [-0.1, -0.05) is 23.2 Å². The summed E-state index contributed by atoms with van der Waals surface area (Å²) in [6, 6.07) is 6.78. The highest BCUT2D eigenvalue weighted by Crippen LogP contribution is 2.40. The van der Waals surface area contributed by atoms with Gasteiger partial charge in [0.1, 0.15) is 11.4 Å². The molecule has 0 fully saturated rings. The molecule has 0 aliphatic heterocycles. The number of azo groups is 1. The number of carbonyl (C=O) groups excluding carboxylic acids is 2. The van der Waals surface area contributed by atoms with Crippen LogP contribution in [0.25, 0.3) is 0 Å². The Kier molecular flexibility index (Phi) is 7.37. The minimum absolute atomic E-state index is 0.200. The minimum atomic E-state index is -1.36. The number of anilines is 1. The normalized spacial score (nSPS) is 11.9. The molecule has 2 rings (SSSR count). The Morgan fingerprint density at radius 3 is 2.32 bits per heavy atom. The Bertz CT molecular complexity index is 932. The minimum Gasteiger partial charge on any atom is -0.494 e. The van der Waals surface area contributed by atoms with Crippen LogP contribution < -0.4 is 14.8 Å². The highest BCUT2D eigenvalue weighted by Gasteiger charge is 2.26. The second-order valence-corrected chi connectivity index (χ2v) is 6.62. The van der Waals surface area contributed by atoms with Crippen LogP contribution in [-0.4, -0.2) is 32.0 Å². The van der Waals surface area contributed by atoms with Crippen molar-refractivity contribution in [2.24, 2.45) is 10.2 Å². The SMILES string of the molecule is COc1ccc(Cl)c(OC)c1NC(=O)C(N=Nc1ccc(Cl)c(C)c1)C(C)=O. The van der Waals surface area contributed by atoms with Crippen molar-refractivity contribution in [2.45, 2.75) is 19.9 Å². The Balaban J connectivity index is 2.31. The van der Waals surface area contributed by atoms with Gasteiger partial charge in [-0.3, -0.25) is 9.59 Å². The maximum absolute atomic E-state index is 12.7. The largest absolute Gasteiger partial charge is 0.494 e. The predicted octanol–water partition coefficient (Wildman–Crippen LogP) is 5.00. The quantitative estimate of drug-likeness (QED) is 0.501. The highest BCUT2D eigenvalue weighted by molar-refractivity contribution is 6.33. The molecule has 1 atom stereocenters. The van der Waals surface area contributed by atoms with E-state index in [1.54, 1.807) is 30.3 Å². The van der Waals surface area contributed by atoms with Gasteiger partial charge >= 0.3 is 0 Å². The smallest absolute Gasteiger partial charge is 0.259 e. The van der Waals surface area contributed by atoms with Gasteiger partial charge in [0, 0.05) is 5.02 Å². The van der Waals surface area contributed by atoms with Crippen LogP contribution in [0, 0.1) is 6.92 Å². The number of benzene rings is 2. The first-order chi connectivity index (χ1) is 13.3. The topological polar surface area (TPSA) is 89.3 Å². The molecule has 148 valence electrons. The zero-order valence-electron chi connectivity index (χ0n) is 15.7. The van der Waals surface area contributed by atoms with Gasteiger partial charge in [0.05, 0.1) is 24.9 Å². The fourth-order valence-electron chi connectivity index (χ4n) is 2.35. The third kappa shape index (κ3) is 4.99. The van der Waals surface area contributed by atoms with Gasteiger partial charge in [-0.25, -0.2) is 0 Å². The molecule has 0 saturated carbocycles. The van der Waals surface area contributed by atoms with E-state index in [1.165, 1.54) is 21.1 Å². The number of nitrogens with one attached hydrogen (secondary N) is 1. The van der Waals surface area contributed by atoms with Crippen LogP contribution in [-0.2, 0) is 9.59 Å². The summed E-state index contributed by atoms with van der Waals surface area (Å²) in [5, 5.41) is 11.3. The Morgan fingerprint density at radius 2 is 1.75 bits per heavy atom. The van der Waals surface area contributed by atoms with Gasteiger partial charge < -0.3 is 14.8 Å². The molecule has 2 aromatic rings. The van der Waals surface area contributed by atoms with Crippen molar-refractivity contribution in [2.75, 3.05) is 19.5 Å². The van der Waals surface area contributed by atoms with E-state index in [-0.39, 0.29) is 16.5 Å². The first kappa shape index (κ1) is 21.7. The summed E-state index contributed by atoms with van der Waals surface area (Å²) < 4.78 is 10.5. The summed E-state index contributed by atoms with van der Waals surface area (Å²) in [6.07, 6.45) is 0. The number of hydrogen-bond acceptors (Lipinski definition) is 6. The number of Topliss-reactive ketones (excluding diaryl/α,β-unsaturated/α-hetero) is 1. The van der Waals surface area contributed by atoms with Crippen molar-refractivity contribution in [1.29, 1.82) is 0 Å². The van der Waals surface area contributed by atoms with Crippen LogP contribution in [0.2, 0.25) is 10.0 Å². The lowest BCUT2D eigenvalue weighted by atomic mass is 10.2. The number of amides is 1. The molecule has 0 radical (unpaired) electrons. The van der Waals surface area contributed by atoms with E-state index in [0.717, 1.165) is 5.56 Å². The van der Waals surface area contributed by atoms with E-state index in [0.29, 0.717) is 16.5 Å². The highest BCUT2D eigenvalue weighted by atomic mass is 35.5. The predicted molar refractivity (Wildman–Crippen MR) is 108 cm³/mol. The van der Waals surface area contributed by atoms with Crippen molar-refractivity contribution in [3.63, 3.8) is 0 Å². The summed E-state index contributed by atoms with van der Waals surface area (Å²) in [5.74, 6) is -0.642. The molecule has 28 heavy (non-hydrogen) atoms. The number of methoxy groups -OCH3 is 2. The van der Waals surface area contributed by atoms with E-state index >= 15 is 0 Å². The van der Waals surface area contributed by atoms with Crippen LogP contribution in [0.3, 0.4) is 0 Å². The third-order valence-corrected chi connectivity index (χ3v) is 4.53. The molecular formula is C19H19Cl2N3O4. The molecule has 0 saturated heterocycles. The van der Waals surface area contributed by atoms with Gasteiger partial charge in [-0.2, -0.15) is 10.2 Å². The number of carbonyl (C=O) groups is 2. The first-order valence-corrected chi connectivity index (χ1v) is 8.92. The molecule has 9 heteroatoms. The zero-order chi connectivity index (χ0) is 20.8.